The number of anilines is 1. The number of nitrogens with one attached hydrogen (secondary N) is 2. The van der Waals surface area contributed by atoms with Crippen molar-refractivity contribution in [1.29, 1.82) is 5.26 Å². The van der Waals surface area contributed by atoms with E-state index in [1.165, 1.54) is 12.8 Å². The van der Waals surface area contributed by atoms with Crippen LogP contribution in [0.2, 0.25) is 0 Å². The quantitative estimate of drug-likeness (QED) is 0.760. The van der Waals surface area contributed by atoms with Crippen LogP contribution in [0, 0.1) is 29.1 Å². The number of hydrogen-bond acceptors (Lipinski definition) is 7. The number of nitriles is 1. The number of carbonyl (C=O) groups excluding carboxylic acids is 1. The van der Waals surface area contributed by atoms with Gasteiger partial charge in [-0.05, 0) is 50.5 Å². The Morgan fingerprint density at radius 3 is 2.77 bits per heavy atom. The molecule has 5 unspecified atom stereocenters. The molecule has 30 heavy (non-hydrogen) atoms. The van der Waals surface area contributed by atoms with Gasteiger partial charge < -0.3 is 15.5 Å². The van der Waals surface area contributed by atoms with E-state index < -0.39 is 0 Å². The molecule has 2 N–H and O–H groups in total. The largest absolute Gasteiger partial charge is 0.353 e. The predicted molar refractivity (Wildman–Crippen MR) is 113 cm³/mol. The first kappa shape index (κ1) is 19.7. The molecule has 0 spiro atoms. The van der Waals surface area contributed by atoms with Crippen molar-refractivity contribution >= 4 is 11.7 Å². The maximum absolute atomic E-state index is 12.6. The fourth-order valence-electron chi connectivity index (χ4n) is 6.06. The second kappa shape index (κ2) is 8.48. The van der Waals surface area contributed by atoms with Gasteiger partial charge in [0.05, 0.1) is 18.3 Å². The summed E-state index contributed by atoms with van der Waals surface area (Å²) >= 11 is 0. The monoisotopic (exact) mass is 409 g/mol. The van der Waals surface area contributed by atoms with Crippen LogP contribution in [0.5, 0.6) is 0 Å². The second-order valence-electron chi connectivity index (χ2n) is 9.35. The number of piperidine rings is 2. The SMILES string of the molecule is N#Cc1cnc(N2CCN(CC3CCC4C(C3)NC(=O)C3CCCNC34)CC2)cn1. The Hall–Kier alpha value is -2.24. The van der Waals surface area contributed by atoms with Gasteiger partial charge in [0, 0.05) is 44.8 Å². The molecule has 1 aromatic heterocycles. The first-order valence-corrected chi connectivity index (χ1v) is 11.4. The van der Waals surface area contributed by atoms with E-state index in [4.69, 9.17) is 5.26 Å². The molecule has 0 bridgehead atoms. The van der Waals surface area contributed by atoms with Gasteiger partial charge in [0.25, 0.3) is 0 Å². The fourth-order valence-corrected chi connectivity index (χ4v) is 6.06. The van der Waals surface area contributed by atoms with E-state index in [-0.39, 0.29) is 11.8 Å². The van der Waals surface area contributed by atoms with Crippen LogP contribution in [0.3, 0.4) is 0 Å². The fraction of sp³-hybridized carbons (Fsp3) is 0.727. The van der Waals surface area contributed by atoms with Gasteiger partial charge in [-0.2, -0.15) is 5.26 Å². The normalized spacial score (nSPS) is 34.4. The highest BCUT2D eigenvalue weighted by Crippen LogP contribution is 2.39. The molecule has 4 aliphatic rings. The Morgan fingerprint density at radius 2 is 2.00 bits per heavy atom. The van der Waals surface area contributed by atoms with Crippen molar-refractivity contribution in [3.63, 3.8) is 0 Å². The third kappa shape index (κ3) is 3.88. The van der Waals surface area contributed by atoms with Crippen molar-refractivity contribution < 1.29 is 4.79 Å². The molecule has 1 saturated carbocycles. The van der Waals surface area contributed by atoms with Gasteiger partial charge in [0.1, 0.15) is 11.9 Å². The number of amides is 1. The first-order valence-electron chi connectivity index (χ1n) is 11.4. The zero-order valence-corrected chi connectivity index (χ0v) is 17.5. The van der Waals surface area contributed by atoms with E-state index in [2.05, 4.69) is 30.4 Å². The minimum Gasteiger partial charge on any atom is -0.353 e. The van der Waals surface area contributed by atoms with Crippen molar-refractivity contribution in [3.05, 3.63) is 18.1 Å². The van der Waals surface area contributed by atoms with Gasteiger partial charge in [0.2, 0.25) is 5.91 Å². The lowest BCUT2D eigenvalue weighted by atomic mass is 9.67. The van der Waals surface area contributed by atoms with Crippen molar-refractivity contribution in [1.82, 2.24) is 25.5 Å². The molecule has 160 valence electrons. The number of nitrogens with zero attached hydrogens (tertiary/aromatic N) is 5. The Balaban J connectivity index is 1.13. The van der Waals surface area contributed by atoms with Gasteiger partial charge in [-0.15, -0.1) is 0 Å². The molecule has 4 heterocycles. The average molecular weight is 410 g/mol. The van der Waals surface area contributed by atoms with Crippen LogP contribution in [0.1, 0.15) is 37.8 Å². The van der Waals surface area contributed by atoms with Crippen LogP contribution in [0.15, 0.2) is 12.4 Å². The third-order valence-electron chi connectivity index (χ3n) is 7.61. The topological polar surface area (TPSA) is 97.2 Å². The standard InChI is InChI=1S/C22H31N7O/c23-11-16-12-26-20(13-25-16)29-8-6-28(7-9-29)14-15-3-4-17-19(10-15)27-22(30)18-2-1-5-24-21(17)18/h12-13,15,17-19,21,24H,1-10,14H2,(H,27,30). The lowest BCUT2D eigenvalue weighted by Crippen LogP contribution is -2.64. The van der Waals surface area contributed by atoms with Crippen molar-refractivity contribution in [2.45, 2.75) is 44.2 Å². The van der Waals surface area contributed by atoms with Gasteiger partial charge in [-0.25, -0.2) is 9.97 Å². The van der Waals surface area contributed by atoms with E-state index in [0.717, 1.165) is 64.3 Å². The zero-order chi connectivity index (χ0) is 20.5. The van der Waals surface area contributed by atoms with Crippen molar-refractivity contribution in [2.24, 2.45) is 17.8 Å². The number of carbonyl (C=O) groups is 1. The highest BCUT2D eigenvalue weighted by atomic mass is 16.2. The van der Waals surface area contributed by atoms with Crippen LogP contribution in [-0.2, 0) is 4.79 Å². The molecule has 3 saturated heterocycles. The minimum atomic E-state index is 0.190. The summed E-state index contributed by atoms with van der Waals surface area (Å²) in [7, 11) is 0. The number of aromatic nitrogens is 2. The molecule has 8 heteroatoms. The van der Waals surface area contributed by atoms with E-state index in [0.29, 0.717) is 29.6 Å². The summed E-state index contributed by atoms with van der Waals surface area (Å²) in [5.74, 6) is 2.60. The van der Waals surface area contributed by atoms with Crippen LogP contribution in [0.25, 0.3) is 0 Å². The Bertz CT molecular complexity index is 799. The summed E-state index contributed by atoms with van der Waals surface area (Å²) < 4.78 is 0. The summed E-state index contributed by atoms with van der Waals surface area (Å²) in [6, 6.07) is 2.76. The molecular formula is C22H31N7O. The van der Waals surface area contributed by atoms with E-state index in [9.17, 15) is 4.79 Å². The number of rotatable bonds is 3. The van der Waals surface area contributed by atoms with Crippen LogP contribution >= 0.6 is 0 Å². The lowest BCUT2D eigenvalue weighted by Gasteiger charge is -2.50. The zero-order valence-electron chi connectivity index (χ0n) is 17.5. The molecule has 1 aliphatic carbocycles. The average Bonchev–Trinajstić information content (AvgIpc) is 2.80. The number of hydrogen-bond donors (Lipinski definition) is 2. The highest BCUT2D eigenvalue weighted by molar-refractivity contribution is 5.81. The van der Waals surface area contributed by atoms with Crippen LogP contribution < -0.4 is 15.5 Å². The lowest BCUT2D eigenvalue weighted by molar-refractivity contribution is -0.133. The Morgan fingerprint density at radius 1 is 1.13 bits per heavy atom. The maximum atomic E-state index is 12.6. The van der Waals surface area contributed by atoms with Crippen LogP contribution in [0.4, 0.5) is 5.82 Å². The van der Waals surface area contributed by atoms with Crippen molar-refractivity contribution in [3.8, 4) is 6.07 Å². The first-order chi connectivity index (χ1) is 14.7. The Kier molecular flexibility index (Phi) is 5.57. The summed E-state index contributed by atoms with van der Waals surface area (Å²) in [6.07, 6.45) is 9.02. The van der Waals surface area contributed by atoms with Gasteiger partial charge in [-0.1, -0.05) is 0 Å². The van der Waals surface area contributed by atoms with Crippen molar-refractivity contribution in [2.75, 3.05) is 44.2 Å². The second-order valence-corrected chi connectivity index (χ2v) is 9.35. The predicted octanol–water partition coefficient (Wildman–Crippen LogP) is 0.753. The number of piperazine rings is 1. The van der Waals surface area contributed by atoms with E-state index >= 15 is 0 Å². The summed E-state index contributed by atoms with van der Waals surface area (Å²) in [5, 5.41) is 15.9. The molecule has 0 aromatic carbocycles. The molecule has 0 radical (unpaired) electrons. The number of fused-ring (bicyclic) bond motifs is 3. The molecule has 3 aliphatic heterocycles. The molecule has 1 amide bonds. The molecule has 5 atom stereocenters. The molecule has 1 aromatic rings. The summed E-state index contributed by atoms with van der Waals surface area (Å²) in [6.45, 7) is 6.09. The molecule has 5 rings (SSSR count). The maximum Gasteiger partial charge on any atom is 0.224 e. The minimum absolute atomic E-state index is 0.190. The summed E-state index contributed by atoms with van der Waals surface area (Å²) in [5.41, 5.74) is 0.359. The molecule has 8 nitrogen and oxygen atoms in total. The van der Waals surface area contributed by atoms with Gasteiger partial charge in [-0.3, -0.25) is 9.69 Å². The van der Waals surface area contributed by atoms with Gasteiger partial charge >= 0.3 is 0 Å². The molecule has 4 fully saturated rings. The highest BCUT2D eigenvalue weighted by Gasteiger charge is 2.47. The third-order valence-corrected chi connectivity index (χ3v) is 7.61. The molecular weight excluding hydrogens is 378 g/mol. The Labute approximate surface area is 178 Å². The van der Waals surface area contributed by atoms with E-state index in [1.807, 2.05) is 6.07 Å². The van der Waals surface area contributed by atoms with E-state index in [1.54, 1.807) is 12.4 Å². The smallest absolute Gasteiger partial charge is 0.224 e. The van der Waals surface area contributed by atoms with Gasteiger partial charge in [0.15, 0.2) is 5.69 Å². The summed E-state index contributed by atoms with van der Waals surface area (Å²) in [4.78, 5) is 25.9. The van der Waals surface area contributed by atoms with Crippen LogP contribution in [-0.4, -0.2) is 72.1 Å².